The summed E-state index contributed by atoms with van der Waals surface area (Å²) < 4.78 is 12.6. The number of fused-ring (bicyclic) bond motifs is 1. The van der Waals surface area contributed by atoms with Crippen LogP contribution < -0.4 is 5.32 Å². The van der Waals surface area contributed by atoms with Gasteiger partial charge in [0.2, 0.25) is 0 Å². The maximum Gasteiger partial charge on any atom is 0.179 e. The van der Waals surface area contributed by atoms with Gasteiger partial charge in [-0.25, -0.2) is 9.97 Å². The van der Waals surface area contributed by atoms with Gasteiger partial charge in [-0.15, -0.1) is 0 Å². The normalized spacial score (nSPS) is 18.1. The first kappa shape index (κ1) is 16.4. The zero-order chi connectivity index (χ0) is 17.2. The smallest absolute Gasteiger partial charge is 0.179 e. The van der Waals surface area contributed by atoms with Crippen LogP contribution in [0.2, 0.25) is 0 Å². The van der Waals surface area contributed by atoms with Gasteiger partial charge in [-0.3, -0.25) is 0 Å². The fourth-order valence-corrected chi connectivity index (χ4v) is 3.75. The summed E-state index contributed by atoms with van der Waals surface area (Å²) in [4.78, 5) is 9.25. The fourth-order valence-electron chi connectivity index (χ4n) is 3.00. The highest BCUT2D eigenvalue weighted by atomic mass is 32.1. The van der Waals surface area contributed by atoms with E-state index in [1.807, 2.05) is 31.3 Å². The molecule has 0 aliphatic carbocycles. The molecule has 0 saturated heterocycles. The van der Waals surface area contributed by atoms with Crippen molar-refractivity contribution >= 4 is 11.5 Å². The number of nitrogens with zero attached hydrogens (tertiary/aromatic N) is 4. The third-order valence-corrected chi connectivity index (χ3v) is 5.18. The second kappa shape index (κ2) is 7.03. The predicted octanol–water partition coefficient (Wildman–Crippen LogP) is 3.34. The van der Waals surface area contributed by atoms with Gasteiger partial charge in [-0.2, -0.15) is 4.37 Å². The number of hydrogen-bond donors (Lipinski definition) is 1. The van der Waals surface area contributed by atoms with Gasteiger partial charge in [-0.05, 0) is 30.9 Å². The molecule has 0 saturated carbocycles. The summed E-state index contributed by atoms with van der Waals surface area (Å²) in [6.45, 7) is 6.55. The molecule has 1 aliphatic heterocycles. The number of nitrogens with one attached hydrogen (secondary N) is 1. The van der Waals surface area contributed by atoms with Crippen LogP contribution >= 0.6 is 11.5 Å². The van der Waals surface area contributed by atoms with E-state index in [0.717, 1.165) is 35.3 Å². The zero-order valence-corrected chi connectivity index (χ0v) is 15.2. The van der Waals surface area contributed by atoms with E-state index in [4.69, 9.17) is 4.74 Å². The lowest BCUT2D eigenvalue weighted by Gasteiger charge is -2.23. The zero-order valence-electron chi connectivity index (χ0n) is 14.3. The lowest BCUT2D eigenvalue weighted by Crippen LogP contribution is -2.31. The Labute approximate surface area is 151 Å². The Morgan fingerprint density at radius 3 is 3.04 bits per heavy atom. The lowest BCUT2D eigenvalue weighted by atomic mass is 10.2. The van der Waals surface area contributed by atoms with Crippen LogP contribution in [0.25, 0.3) is 10.8 Å². The summed E-state index contributed by atoms with van der Waals surface area (Å²) in [6.07, 6.45) is 1.78. The number of benzene rings is 1. The van der Waals surface area contributed by atoms with Crippen molar-refractivity contribution in [2.24, 2.45) is 0 Å². The van der Waals surface area contributed by atoms with Crippen molar-refractivity contribution in [2.45, 2.75) is 39.1 Å². The molecular weight excluding hydrogens is 334 g/mol. The van der Waals surface area contributed by atoms with Crippen LogP contribution in [-0.2, 0) is 17.9 Å². The summed E-state index contributed by atoms with van der Waals surface area (Å²) in [5.74, 6) is 1.62. The number of rotatable bonds is 5. The van der Waals surface area contributed by atoms with E-state index in [2.05, 4.69) is 43.3 Å². The van der Waals surface area contributed by atoms with Gasteiger partial charge < -0.3 is 14.6 Å². The summed E-state index contributed by atoms with van der Waals surface area (Å²) in [5, 5.41) is 4.30. The van der Waals surface area contributed by atoms with E-state index in [9.17, 15) is 0 Å². The first-order valence-electron chi connectivity index (χ1n) is 8.50. The molecule has 1 unspecified atom stereocenters. The Morgan fingerprint density at radius 2 is 2.20 bits per heavy atom. The molecule has 0 spiro atoms. The number of aromatic nitrogens is 4. The number of ether oxygens (including phenoxy) is 1. The minimum Gasteiger partial charge on any atom is -0.366 e. The third-order valence-electron chi connectivity index (χ3n) is 4.46. The molecule has 130 valence electrons. The molecular formula is C18H21N5OS. The molecule has 1 aromatic carbocycles. The molecule has 0 fully saturated rings. The number of imidazole rings is 1. The Balaban J connectivity index is 1.49. The fraction of sp³-hybridized carbons (Fsp3) is 0.389. The minimum atomic E-state index is -0.151. The van der Waals surface area contributed by atoms with Crippen LogP contribution in [0.1, 0.15) is 43.1 Å². The Bertz CT molecular complexity index is 844. The lowest BCUT2D eigenvalue weighted by molar-refractivity contribution is 0.0476. The van der Waals surface area contributed by atoms with Gasteiger partial charge in [0.15, 0.2) is 16.7 Å². The van der Waals surface area contributed by atoms with E-state index in [1.54, 1.807) is 0 Å². The van der Waals surface area contributed by atoms with Gasteiger partial charge in [0.05, 0.1) is 18.5 Å². The highest BCUT2D eigenvalue weighted by molar-refractivity contribution is 7.09. The van der Waals surface area contributed by atoms with Crippen molar-refractivity contribution in [3.63, 3.8) is 0 Å². The van der Waals surface area contributed by atoms with Crippen LogP contribution in [0.3, 0.4) is 0 Å². The largest absolute Gasteiger partial charge is 0.366 e. The molecule has 2 aromatic heterocycles. The van der Waals surface area contributed by atoms with E-state index in [-0.39, 0.29) is 6.10 Å². The average molecular weight is 355 g/mol. The van der Waals surface area contributed by atoms with E-state index in [1.165, 1.54) is 17.2 Å². The molecule has 3 aromatic rings. The standard InChI is InChI=1S/C18H21N5OS/c1-12-15-10-20-17(23(15)9-8-19-12)18-21-16(22-25-18)13(2)24-11-14-6-4-3-5-7-14/h3-7,10,12-13,19H,8-9,11H2,1-2H3/t12?,13-/m0/s1. The van der Waals surface area contributed by atoms with Gasteiger partial charge in [0, 0.05) is 19.1 Å². The highest BCUT2D eigenvalue weighted by Gasteiger charge is 2.23. The summed E-state index contributed by atoms with van der Waals surface area (Å²) in [7, 11) is 0. The van der Waals surface area contributed by atoms with E-state index >= 15 is 0 Å². The van der Waals surface area contributed by atoms with Crippen LogP contribution in [0, 0.1) is 0 Å². The molecule has 6 nitrogen and oxygen atoms in total. The summed E-state index contributed by atoms with van der Waals surface area (Å²) in [5.41, 5.74) is 2.35. The van der Waals surface area contributed by atoms with Crippen molar-refractivity contribution in [2.75, 3.05) is 6.54 Å². The predicted molar refractivity (Wildman–Crippen MR) is 97.2 cm³/mol. The van der Waals surface area contributed by atoms with Crippen LogP contribution in [0.15, 0.2) is 36.5 Å². The van der Waals surface area contributed by atoms with Gasteiger partial charge in [0.25, 0.3) is 0 Å². The van der Waals surface area contributed by atoms with Crippen LogP contribution in [0.5, 0.6) is 0 Å². The molecule has 4 rings (SSSR count). The molecule has 3 heterocycles. The molecule has 1 N–H and O–H groups in total. The Hall–Kier alpha value is -2.09. The highest BCUT2D eigenvalue weighted by Crippen LogP contribution is 2.28. The molecule has 0 bridgehead atoms. The third kappa shape index (κ3) is 3.35. The van der Waals surface area contributed by atoms with Crippen molar-refractivity contribution in [1.29, 1.82) is 0 Å². The van der Waals surface area contributed by atoms with Crippen LogP contribution in [0.4, 0.5) is 0 Å². The maximum absolute atomic E-state index is 5.92. The Kier molecular flexibility index (Phi) is 4.61. The van der Waals surface area contributed by atoms with Crippen molar-refractivity contribution in [1.82, 2.24) is 24.2 Å². The van der Waals surface area contributed by atoms with Crippen molar-refractivity contribution < 1.29 is 4.74 Å². The second-order valence-electron chi connectivity index (χ2n) is 6.23. The van der Waals surface area contributed by atoms with Crippen LogP contribution in [-0.4, -0.2) is 25.5 Å². The first-order valence-corrected chi connectivity index (χ1v) is 9.28. The summed E-state index contributed by atoms with van der Waals surface area (Å²) in [6, 6.07) is 10.5. The molecule has 25 heavy (non-hydrogen) atoms. The SMILES string of the molecule is CC1NCCn2c1cnc2-c1nc([C@H](C)OCc2ccccc2)ns1. The quantitative estimate of drug-likeness (QED) is 0.760. The second-order valence-corrected chi connectivity index (χ2v) is 6.98. The van der Waals surface area contributed by atoms with Gasteiger partial charge in [-0.1, -0.05) is 30.3 Å². The minimum absolute atomic E-state index is 0.151. The van der Waals surface area contributed by atoms with Crippen molar-refractivity contribution in [3.8, 4) is 10.8 Å². The molecule has 0 amide bonds. The summed E-state index contributed by atoms with van der Waals surface area (Å²) >= 11 is 1.39. The maximum atomic E-state index is 5.92. The molecule has 0 radical (unpaired) electrons. The molecule has 7 heteroatoms. The van der Waals surface area contributed by atoms with E-state index in [0.29, 0.717) is 12.6 Å². The van der Waals surface area contributed by atoms with E-state index < -0.39 is 0 Å². The monoisotopic (exact) mass is 355 g/mol. The average Bonchev–Trinajstić information content (AvgIpc) is 3.28. The molecule has 2 atom stereocenters. The first-order chi connectivity index (χ1) is 12.2. The Morgan fingerprint density at radius 1 is 1.36 bits per heavy atom. The topological polar surface area (TPSA) is 64.9 Å². The number of hydrogen-bond acceptors (Lipinski definition) is 6. The van der Waals surface area contributed by atoms with Gasteiger partial charge >= 0.3 is 0 Å². The molecule has 1 aliphatic rings. The van der Waals surface area contributed by atoms with Gasteiger partial charge in [0.1, 0.15) is 6.10 Å². The van der Waals surface area contributed by atoms with Crippen molar-refractivity contribution in [3.05, 3.63) is 53.6 Å².